The molecule has 2 heterocycles. The third kappa shape index (κ3) is 1.25. The summed E-state index contributed by atoms with van der Waals surface area (Å²) in [4.78, 5) is 23.4. The Bertz CT molecular complexity index is 526. The first kappa shape index (κ1) is 10.1. The van der Waals surface area contributed by atoms with E-state index in [4.69, 9.17) is 4.74 Å². The molecule has 1 fully saturated rings. The molecule has 0 saturated carbocycles. The first-order valence-electron chi connectivity index (χ1n) is 5.42. The molecule has 2 N–H and O–H groups in total. The van der Waals surface area contributed by atoms with E-state index in [1.807, 2.05) is 12.1 Å². The molecule has 0 aliphatic carbocycles. The van der Waals surface area contributed by atoms with Crippen molar-refractivity contribution in [2.75, 3.05) is 19.0 Å². The van der Waals surface area contributed by atoms with Gasteiger partial charge in [0.1, 0.15) is 11.2 Å². The van der Waals surface area contributed by atoms with Crippen molar-refractivity contribution in [2.24, 2.45) is 0 Å². The van der Waals surface area contributed by atoms with Crippen molar-refractivity contribution in [1.82, 2.24) is 5.32 Å². The van der Waals surface area contributed by atoms with E-state index >= 15 is 0 Å². The van der Waals surface area contributed by atoms with Crippen molar-refractivity contribution in [3.8, 4) is 5.75 Å². The van der Waals surface area contributed by atoms with E-state index in [0.717, 1.165) is 11.3 Å². The molecule has 1 saturated heterocycles. The highest BCUT2D eigenvalue weighted by Gasteiger charge is 2.51. The van der Waals surface area contributed by atoms with Gasteiger partial charge in [0.2, 0.25) is 11.8 Å². The number of ether oxygens (including phenoxy) is 1. The zero-order chi connectivity index (χ0) is 12.0. The molecule has 0 bridgehead atoms. The third-order valence-electron chi connectivity index (χ3n) is 3.47. The minimum Gasteiger partial charge on any atom is -0.497 e. The van der Waals surface area contributed by atoms with Gasteiger partial charge in [0.25, 0.3) is 0 Å². The fraction of sp³-hybridized carbons (Fsp3) is 0.333. The molecule has 0 radical (unpaired) electrons. The summed E-state index contributed by atoms with van der Waals surface area (Å²) in [5, 5.41) is 5.54. The molecular weight excluding hydrogens is 220 g/mol. The van der Waals surface area contributed by atoms with Crippen LogP contribution in [0.1, 0.15) is 12.0 Å². The molecule has 1 spiro atoms. The summed E-state index contributed by atoms with van der Waals surface area (Å²) in [6.07, 6.45) is 0.207. The van der Waals surface area contributed by atoms with Crippen LogP contribution in [0, 0.1) is 0 Å². The number of rotatable bonds is 1. The van der Waals surface area contributed by atoms with E-state index in [2.05, 4.69) is 10.6 Å². The molecular formula is C12H12N2O3. The summed E-state index contributed by atoms with van der Waals surface area (Å²) in [7, 11) is 1.58. The van der Waals surface area contributed by atoms with Gasteiger partial charge < -0.3 is 15.4 Å². The summed E-state index contributed by atoms with van der Waals surface area (Å²) in [5.74, 6) is 0.494. The summed E-state index contributed by atoms with van der Waals surface area (Å²) in [5.41, 5.74) is 0.869. The summed E-state index contributed by atoms with van der Waals surface area (Å²) >= 11 is 0. The summed E-state index contributed by atoms with van der Waals surface area (Å²) < 4.78 is 5.16. The van der Waals surface area contributed by atoms with E-state index in [-0.39, 0.29) is 18.2 Å². The number of hydrogen-bond donors (Lipinski definition) is 2. The Morgan fingerprint density at radius 3 is 2.82 bits per heavy atom. The fourth-order valence-electron chi connectivity index (χ4n) is 2.52. The molecule has 17 heavy (non-hydrogen) atoms. The highest BCUT2D eigenvalue weighted by Crippen LogP contribution is 2.43. The number of carbonyl (C=O) groups is 2. The van der Waals surface area contributed by atoms with Gasteiger partial charge in [-0.25, -0.2) is 0 Å². The van der Waals surface area contributed by atoms with Gasteiger partial charge >= 0.3 is 0 Å². The monoisotopic (exact) mass is 232 g/mol. The van der Waals surface area contributed by atoms with Gasteiger partial charge in [-0.05, 0) is 23.8 Å². The van der Waals surface area contributed by atoms with Crippen molar-refractivity contribution in [2.45, 2.75) is 11.8 Å². The van der Waals surface area contributed by atoms with Crippen LogP contribution in [0.25, 0.3) is 0 Å². The predicted molar refractivity (Wildman–Crippen MR) is 60.9 cm³/mol. The van der Waals surface area contributed by atoms with Gasteiger partial charge in [0, 0.05) is 18.7 Å². The zero-order valence-corrected chi connectivity index (χ0v) is 9.37. The lowest BCUT2D eigenvalue weighted by Crippen LogP contribution is -2.36. The van der Waals surface area contributed by atoms with E-state index < -0.39 is 5.41 Å². The van der Waals surface area contributed by atoms with Gasteiger partial charge in [-0.2, -0.15) is 0 Å². The molecule has 3 rings (SSSR count). The Morgan fingerprint density at radius 2 is 2.18 bits per heavy atom. The first-order chi connectivity index (χ1) is 8.15. The maximum Gasteiger partial charge on any atom is 0.237 e. The lowest BCUT2D eigenvalue weighted by atomic mass is 9.81. The molecule has 5 nitrogen and oxygen atoms in total. The van der Waals surface area contributed by atoms with E-state index in [0.29, 0.717) is 12.3 Å². The van der Waals surface area contributed by atoms with Crippen molar-refractivity contribution in [1.29, 1.82) is 0 Å². The van der Waals surface area contributed by atoms with E-state index in [9.17, 15) is 9.59 Å². The molecule has 0 aromatic heterocycles. The molecule has 5 heteroatoms. The summed E-state index contributed by atoms with van der Waals surface area (Å²) in [6.45, 7) is 0.359. The van der Waals surface area contributed by atoms with Gasteiger partial charge in [-0.15, -0.1) is 0 Å². The smallest absolute Gasteiger partial charge is 0.237 e. The Labute approximate surface area is 98.1 Å². The minimum atomic E-state index is -0.749. The van der Waals surface area contributed by atoms with Crippen molar-refractivity contribution in [3.05, 3.63) is 23.8 Å². The second-order valence-electron chi connectivity index (χ2n) is 4.40. The SMILES string of the molecule is COc1ccc2c(c1)[C@]1(CNC(=O)C1)C(=O)N2. The fourth-order valence-corrected chi connectivity index (χ4v) is 2.52. The standard InChI is InChI=1S/C12H12N2O3/c1-17-7-2-3-9-8(4-7)12(11(16)14-9)5-10(15)13-6-12/h2-4H,5-6H2,1H3,(H,13,15)(H,14,16)/t12-/m0/s1. The van der Waals surface area contributed by atoms with Crippen molar-refractivity contribution >= 4 is 17.5 Å². The van der Waals surface area contributed by atoms with Gasteiger partial charge in [0.15, 0.2) is 0 Å². The van der Waals surface area contributed by atoms with Crippen LogP contribution in [0.4, 0.5) is 5.69 Å². The molecule has 1 atom stereocenters. The Kier molecular flexibility index (Phi) is 1.92. The second-order valence-corrected chi connectivity index (χ2v) is 4.40. The Hall–Kier alpha value is -2.04. The van der Waals surface area contributed by atoms with Crippen LogP contribution < -0.4 is 15.4 Å². The number of methoxy groups -OCH3 is 1. The minimum absolute atomic E-state index is 0.0872. The molecule has 88 valence electrons. The number of carbonyl (C=O) groups excluding carboxylic acids is 2. The normalized spacial score (nSPS) is 25.7. The maximum absolute atomic E-state index is 12.1. The van der Waals surface area contributed by atoms with Crippen LogP contribution in [-0.2, 0) is 15.0 Å². The van der Waals surface area contributed by atoms with Crippen molar-refractivity contribution in [3.63, 3.8) is 0 Å². The van der Waals surface area contributed by atoms with E-state index in [1.165, 1.54) is 0 Å². The lowest BCUT2D eigenvalue weighted by Gasteiger charge is -2.18. The molecule has 2 aliphatic heterocycles. The van der Waals surface area contributed by atoms with Crippen molar-refractivity contribution < 1.29 is 14.3 Å². The molecule has 1 aromatic carbocycles. The molecule has 2 amide bonds. The predicted octanol–water partition coefficient (Wildman–Crippen LogP) is 0.405. The third-order valence-corrected chi connectivity index (χ3v) is 3.47. The number of amides is 2. The number of fused-ring (bicyclic) bond motifs is 2. The largest absolute Gasteiger partial charge is 0.497 e. The first-order valence-corrected chi connectivity index (χ1v) is 5.42. The highest BCUT2D eigenvalue weighted by atomic mass is 16.5. The highest BCUT2D eigenvalue weighted by molar-refractivity contribution is 6.10. The maximum atomic E-state index is 12.1. The lowest BCUT2D eigenvalue weighted by molar-refractivity contribution is -0.123. The number of hydrogen-bond acceptors (Lipinski definition) is 3. The zero-order valence-electron chi connectivity index (χ0n) is 9.37. The molecule has 2 aliphatic rings. The van der Waals surface area contributed by atoms with Crippen LogP contribution in [0.15, 0.2) is 18.2 Å². The van der Waals surface area contributed by atoms with Gasteiger partial charge in [-0.1, -0.05) is 0 Å². The van der Waals surface area contributed by atoms with Crippen LogP contribution >= 0.6 is 0 Å². The van der Waals surface area contributed by atoms with Crippen LogP contribution in [0.2, 0.25) is 0 Å². The quantitative estimate of drug-likeness (QED) is 0.736. The Balaban J connectivity index is 2.14. The number of nitrogens with one attached hydrogen (secondary N) is 2. The second kappa shape index (κ2) is 3.23. The Morgan fingerprint density at radius 1 is 1.35 bits per heavy atom. The molecule has 1 aromatic rings. The van der Waals surface area contributed by atoms with E-state index in [1.54, 1.807) is 13.2 Å². The molecule has 0 unspecified atom stereocenters. The van der Waals surface area contributed by atoms with Crippen LogP contribution in [0.3, 0.4) is 0 Å². The van der Waals surface area contributed by atoms with Gasteiger partial charge in [0.05, 0.1) is 7.11 Å². The topological polar surface area (TPSA) is 67.4 Å². The average molecular weight is 232 g/mol. The van der Waals surface area contributed by atoms with Gasteiger partial charge in [-0.3, -0.25) is 9.59 Å². The van der Waals surface area contributed by atoms with Crippen LogP contribution in [0.5, 0.6) is 5.75 Å². The average Bonchev–Trinajstić information content (AvgIpc) is 2.83. The number of anilines is 1. The summed E-state index contributed by atoms with van der Waals surface area (Å²) in [6, 6.07) is 5.43. The van der Waals surface area contributed by atoms with Crippen LogP contribution in [-0.4, -0.2) is 25.5 Å². The number of benzene rings is 1.